The highest BCUT2D eigenvalue weighted by atomic mass is 19.1. The van der Waals surface area contributed by atoms with Gasteiger partial charge in [-0.2, -0.15) is 4.98 Å². The number of carbonyl (C=O) groups is 1. The van der Waals surface area contributed by atoms with Crippen molar-refractivity contribution in [2.75, 3.05) is 25.7 Å². The molecule has 0 saturated carbocycles. The van der Waals surface area contributed by atoms with Crippen LogP contribution in [-0.4, -0.2) is 47.5 Å². The highest BCUT2D eigenvalue weighted by molar-refractivity contribution is 5.89. The second-order valence-electron chi connectivity index (χ2n) is 7.52. The Hall–Kier alpha value is -3.66. The summed E-state index contributed by atoms with van der Waals surface area (Å²) < 4.78 is 29.2. The number of urea groups is 1. The van der Waals surface area contributed by atoms with Gasteiger partial charge in [-0.1, -0.05) is 5.16 Å². The van der Waals surface area contributed by atoms with Gasteiger partial charge < -0.3 is 24.6 Å². The van der Waals surface area contributed by atoms with Crippen LogP contribution < -0.4 is 20.1 Å². The van der Waals surface area contributed by atoms with Crippen molar-refractivity contribution in [2.24, 2.45) is 0 Å². The van der Waals surface area contributed by atoms with Crippen LogP contribution in [0.15, 0.2) is 47.0 Å². The molecule has 10 heteroatoms. The van der Waals surface area contributed by atoms with Crippen LogP contribution in [0.1, 0.15) is 18.4 Å². The average molecular weight is 425 g/mol. The topological polar surface area (TPSA) is 102 Å². The van der Waals surface area contributed by atoms with Crippen molar-refractivity contribution in [2.45, 2.75) is 18.5 Å². The normalized spacial score (nSPS) is 20.1. The molecule has 3 heterocycles. The van der Waals surface area contributed by atoms with Crippen molar-refractivity contribution in [3.63, 3.8) is 0 Å². The summed E-state index contributed by atoms with van der Waals surface area (Å²) in [4.78, 5) is 18.9. The van der Waals surface area contributed by atoms with Gasteiger partial charge in [0.2, 0.25) is 18.5 Å². The summed E-state index contributed by atoms with van der Waals surface area (Å²) >= 11 is 0. The first-order chi connectivity index (χ1) is 15.0. The summed E-state index contributed by atoms with van der Waals surface area (Å²) in [6.45, 7) is 0.829. The first kappa shape index (κ1) is 19.3. The second kappa shape index (κ2) is 7.88. The largest absolute Gasteiger partial charge is 0.454 e. The molecular formula is C21H20FN5O4. The molecule has 0 radical (unpaired) electrons. The van der Waals surface area contributed by atoms with Crippen LogP contribution in [0.3, 0.4) is 0 Å². The molecule has 9 nitrogen and oxygen atoms in total. The molecule has 1 aromatic heterocycles. The molecule has 5 rings (SSSR count). The van der Waals surface area contributed by atoms with Gasteiger partial charge in [-0.3, -0.25) is 4.90 Å². The van der Waals surface area contributed by atoms with Gasteiger partial charge in [0.15, 0.2) is 11.5 Å². The third-order valence-electron chi connectivity index (χ3n) is 5.34. The van der Waals surface area contributed by atoms with E-state index in [1.807, 2.05) is 25.2 Å². The SMILES string of the molecule is CN1C[C@@H](NC(=O)Nc2ccc(F)cc2)C[C@H]1c1nc(-c2ccc3c(c2)OCO3)no1. The molecule has 3 aromatic rings. The zero-order valence-electron chi connectivity index (χ0n) is 16.7. The van der Waals surface area contributed by atoms with Crippen LogP contribution in [-0.2, 0) is 0 Å². The van der Waals surface area contributed by atoms with Gasteiger partial charge in [0.25, 0.3) is 0 Å². The number of hydrogen-bond donors (Lipinski definition) is 2. The lowest BCUT2D eigenvalue weighted by molar-refractivity contribution is 0.174. The Labute approximate surface area is 177 Å². The first-order valence-corrected chi connectivity index (χ1v) is 9.82. The minimum absolute atomic E-state index is 0.101. The van der Waals surface area contributed by atoms with Gasteiger partial charge in [-0.05, 0) is 55.9 Å². The number of nitrogens with one attached hydrogen (secondary N) is 2. The van der Waals surface area contributed by atoms with Crippen molar-refractivity contribution in [3.05, 3.63) is 54.2 Å². The Morgan fingerprint density at radius 1 is 1.16 bits per heavy atom. The summed E-state index contributed by atoms with van der Waals surface area (Å²) in [5, 5.41) is 9.74. The molecular weight excluding hydrogens is 405 g/mol. The molecule has 0 unspecified atom stereocenters. The number of hydrogen-bond acceptors (Lipinski definition) is 7. The lowest BCUT2D eigenvalue weighted by Gasteiger charge is -2.14. The molecule has 31 heavy (non-hydrogen) atoms. The van der Waals surface area contributed by atoms with Crippen LogP contribution in [0.4, 0.5) is 14.9 Å². The lowest BCUT2D eigenvalue weighted by atomic mass is 10.1. The Balaban J connectivity index is 1.23. The van der Waals surface area contributed by atoms with Crippen LogP contribution in [0.25, 0.3) is 11.4 Å². The fourth-order valence-corrected chi connectivity index (χ4v) is 3.80. The molecule has 2 aliphatic rings. The Morgan fingerprint density at radius 3 is 2.81 bits per heavy atom. The van der Waals surface area contributed by atoms with E-state index in [1.165, 1.54) is 24.3 Å². The monoisotopic (exact) mass is 425 g/mol. The van der Waals surface area contributed by atoms with E-state index in [0.29, 0.717) is 41.9 Å². The van der Waals surface area contributed by atoms with Crippen molar-refractivity contribution in [1.29, 1.82) is 0 Å². The molecule has 2 N–H and O–H groups in total. The van der Waals surface area contributed by atoms with E-state index in [1.54, 1.807) is 0 Å². The summed E-state index contributed by atoms with van der Waals surface area (Å²) in [7, 11) is 1.94. The fourth-order valence-electron chi connectivity index (χ4n) is 3.80. The number of likely N-dealkylation sites (N-methyl/N-ethyl adjacent to an activating group) is 1. The van der Waals surface area contributed by atoms with Crippen LogP contribution in [0.2, 0.25) is 0 Å². The number of rotatable bonds is 4. The first-order valence-electron chi connectivity index (χ1n) is 9.82. The molecule has 2 amide bonds. The number of ether oxygens (including phenoxy) is 2. The van der Waals surface area contributed by atoms with E-state index < -0.39 is 0 Å². The number of carbonyl (C=O) groups excluding carboxylic acids is 1. The number of fused-ring (bicyclic) bond motifs is 1. The third-order valence-corrected chi connectivity index (χ3v) is 5.34. The Bertz CT molecular complexity index is 1100. The lowest BCUT2D eigenvalue weighted by Crippen LogP contribution is -2.39. The highest BCUT2D eigenvalue weighted by Crippen LogP contribution is 2.36. The fraction of sp³-hybridized carbons (Fsp3) is 0.286. The third kappa shape index (κ3) is 4.02. The van der Waals surface area contributed by atoms with Crippen LogP contribution in [0.5, 0.6) is 11.5 Å². The Morgan fingerprint density at radius 2 is 1.97 bits per heavy atom. The van der Waals surface area contributed by atoms with Gasteiger partial charge in [0.05, 0.1) is 6.04 Å². The van der Waals surface area contributed by atoms with Crippen molar-refractivity contribution < 1.29 is 23.2 Å². The minimum Gasteiger partial charge on any atom is -0.454 e. The molecule has 2 aliphatic heterocycles. The zero-order chi connectivity index (χ0) is 21.4. The standard InChI is InChI=1S/C21H20FN5O4/c1-27-10-15(24-21(28)23-14-5-3-13(22)4-6-14)9-16(27)20-25-19(26-31-20)12-2-7-17-18(8-12)30-11-29-17/h2-8,15-16H,9-11H2,1H3,(H2,23,24,28)/t15-,16-/m0/s1. The van der Waals surface area contributed by atoms with E-state index in [9.17, 15) is 9.18 Å². The molecule has 0 spiro atoms. The predicted octanol–water partition coefficient (Wildman–Crippen LogP) is 3.17. The number of likely N-dealkylation sites (tertiary alicyclic amines) is 1. The molecule has 1 fully saturated rings. The minimum atomic E-state index is -0.356. The van der Waals surface area contributed by atoms with E-state index in [-0.39, 0.29) is 30.7 Å². The zero-order valence-corrected chi connectivity index (χ0v) is 16.7. The maximum atomic E-state index is 13.0. The number of halogens is 1. The van der Waals surface area contributed by atoms with E-state index >= 15 is 0 Å². The van der Waals surface area contributed by atoms with E-state index in [0.717, 1.165) is 5.56 Å². The van der Waals surface area contributed by atoms with Gasteiger partial charge in [0, 0.05) is 23.8 Å². The number of amides is 2. The Kier molecular flexibility index (Phi) is 4.91. The summed E-state index contributed by atoms with van der Waals surface area (Å²) in [5.41, 5.74) is 1.29. The van der Waals surface area contributed by atoms with Crippen molar-refractivity contribution >= 4 is 11.7 Å². The molecule has 2 aromatic carbocycles. The van der Waals surface area contributed by atoms with Crippen LogP contribution >= 0.6 is 0 Å². The van der Waals surface area contributed by atoms with Gasteiger partial charge in [-0.25, -0.2) is 9.18 Å². The predicted molar refractivity (Wildman–Crippen MR) is 108 cm³/mol. The van der Waals surface area contributed by atoms with Crippen molar-refractivity contribution in [3.8, 4) is 22.9 Å². The maximum absolute atomic E-state index is 13.0. The summed E-state index contributed by atoms with van der Waals surface area (Å²) in [5.74, 6) is 1.94. The summed E-state index contributed by atoms with van der Waals surface area (Å²) in [6.07, 6.45) is 0.621. The number of aromatic nitrogens is 2. The summed E-state index contributed by atoms with van der Waals surface area (Å²) in [6, 6.07) is 10.5. The van der Waals surface area contributed by atoms with Gasteiger partial charge >= 0.3 is 6.03 Å². The van der Waals surface area contributed by atoms with Crippen LogP contribution in [0, 0.1) is 5.82 Å². The maximum Gasteiger partial charge on any atom is 0.319 e. The van der Waals surface area contributed by atoms with E-state index in [2.05, 4.69) is 25.7 Å². The number of nitrogens with zero attached hydrogens (tertiary/aromatic N) is 3. The molecule has 2 atom stereocenters. The van der Waals surface area contributed by atoms with Gasteiger partial charge in [-0.15, -0.1) is 0 Å². The second-order valence-corrected chi connectivity index (χ2v) is 7.52. The molecule has 0 aliphatic carbocycles. The molecule has 0 bridgehead atoms. The van der Waals surface area contributed by atoms with Gasteiger partial charge in [0.1, 0.15) is 5.82 Å². The molecule has 1 saturated heterocycles. The van der Waals surface area contributed by atoms with E-state index in [4.69, 9.17) is 14.0 Å². The van der Waals surface area contributed by atoms with Crippen molar-refractivity contribution in [1.82, 2.24) is 20.4 Å². The average Bonchev–Trinajstić information content (AvgIpc) is 3.48. The smallest absolute Gasteiger partial charge is 0.319 e. The molecule has 160 valence electrons. The number of benzene rings is 2. The quantitative estimate of drug-likeness (QED) is 0.662. The number of anilines is 1. The highest BCUT2D eigenvalue weighted by Gasteiger charge is 2.35.